The summed E-state index contributed by atoms with van der Waals surface area (Å²) in [4.78, 5) is 8.12. The summed E-state index contributed by atoms with van der Waals surface area (Å²) in [5, 5.41) is 3.05. The third-order valence-corrected chi connectivity index (χ3v) is 1.93. The van der Waals surface area contributed by atoms with Crippen LogP contribution in [0.4, 0.5) is 11.8 Å². The number of rotatable bonds is 5. The van der Waals surface area contributed by atoms with Crippen LogP contribution < -0.4 is 11.1 Å². The largest absolute Gasteiger partial charge is 0.385 e. The second-order valence-corrected chi connectivity index (χ2v) is 3.52. The van der Waals surface area contributed by atoms with Crippen LogP contribution in [0.2, 0.25) is 0 Å². The summed E-state index contributed by atoms with van der Waals surface area (Å²) in [6.45, 7) is 1.49. The van der Waals surface area contributed by atoms with Gasteiger partial charge in [0, 0.05) is 26.3 Å². The quantitative estimate of drug-likeness (QED) is 0.616. The first kappa shape index (κ1) is 11.2. The van der Waals surface area contributed by atoms with Gasteiger partial charge in [-0.25, -0.2) is 4.98 Å². The smallest absolute Gasteiger partial charge is 0.225 e. The average molecular weight is 261 g/mol. The lowest BCUT2D eigenvalue weighted by atomic mass is 10.4. The van der Waals surface area contributed by atoms with Gasteiger partial charge in [0.15, 0.2) is 0 Å². The molecule has 0 aromatic carbocycles. The maximum absolute atomic E-state index is 5.54. The van der Waals surface area contributed by atoms with E-state index in [1.54, 1.807) is 13.2 Å². The van der Waals surface area contributed by atoms with E-state index in [0.717, 1.165) is 19.6 Å². The molecule has 0 fully saturated rings. The molecule has 0 unspecified atom stereocenters. The maximum Gasteiger partial charge on any atom is 0.225 e. The second-order valence-electron chi connectivity index (χ2n) is 2.71. The van der Waals surface area contributed by atoms with Crippen LogP contribution in [-0.2, 0) is 4.74 Å². The topological polar surface area (TPSA) is 73.1 Å². The van der Waals surface area contributed by atoms with E-state index in [1.807, 2.05) is 0 Å². The lowest BCUT2D eigenvalue weighted by Crippen LogP contribution is -2.08. The lowest BCUT2D eigenvalue weighted by molar-refractivity contribution is 0.197. The summed E-state index contributed by atoms with van der Waals surface area (Å²) in [5.41, 5.74) is 5.54. The van der Waals surface area contributed by atoms with Gasteiger partial charge in [-0.05, 0) is 22.4 Å². The van der Waals surface area contributed by atoms with Gasteiger partial charge in [-0.2, -0.15) is 4.98 Å². The first-order chi connectivity index (χ1) is 6.72. The number of nitrogens with zero attached hydrogens (tertiary/aromatic N) is 2. The van der Waals surface area contributed by atoms with Gasteiger partial charge in [-0.15, -0.1) is 0 Å². The summed E-state index contributed by atoms with van der Waals surface area (Å²) >= 11 is 3.24. The second kappa shape index (κ2) is 5.77. The number of hydrogen-bond donors (Lipinski definition) is 2. The van der Waals surface area contributed by atoms with Crippen LogP contribution in [0.15, 0.2) is 10.7 Å². The van der Waals surface area contributed by atoms with Crippen LogP contribution in [-0.4, -0.2) is 30.2 Å². The molecular formula is C8H13BrN4O. The lowest BCUT2D eigenvalue weighted by Gasteiger charge is -2.04. The highest BCUT2D eigenvalue weighted by Crippen LogP contribution is 2.11. The molecule has 0 bridgehead atoms. The first-order valence-electron chi connectivity index (χ1n) is 4.25. The Balaban J connectivity index is 2.42. The number of anilines is 2. The molecule has 0 spiro atoms. The van der Waals surface area contributed by atoms with Crippen LogP contribution in [0.1, 0.15) is 6.42 Å². The Morgan fingerprint density at radius 3 is 3.00 bits per heavy atom. The van der Waals surface area contributed by atoms with E-state index in [9.17, 15) is 0 Å². The molecule has 5 nitrogen and oxygen atoms in total. The van der Waals surface area contributed by atoms with Gasteiger partial charge in [-0.1, -0.05) is 0 Å². The molecule has 1 aromatic rings. The molecule has 1 heterocycles. The van der Waals surface area contributed by atoms with Gasteiger partial charge in [0.1, 0.15) is 10.4 Å². The fraction of sp³-hybridized carbons (Fsp3) is 0.500. The van der Waals surface area contributed by atoms with E-state index >= 15 is 0 Å². The van der Waals surface area contributed by atoms with Gasteiger partial charge in [0.05, 0.1) is 0 Å². The van der Waals surface area contributed by atoms with Crippen molar-refractivity contribution in [3.8, 4) is 0 Å². The number of nitrogens with two attached hydrogens (primary N) is 1. The summed E-state index contributed by atoms with van der Waals surface area (Å²) < 4.78 is 5.59. The van der Waals surface area contributed by atoms with Crippen LogP contribution in [0.3, 0.4) is 0 Å². The zero-order valence-electron chi connectivity index (χ0n) is 7.96. The molecule has 14 heavy (non-hydrogen) atoms. The summed E-state index contributed by atoms with van der Waals surface area (Å²) in [6, 6.07) is 1.65. The molecular weight excluding hydrogens is 248 g/mol. The molecule has 0 aliphatic heterocycles. The van der Waals surface area contributed by atoms with E-state index in [0.29, 0.717) is 16.4 Å². The monoisotopic (exact) mass is 260 g/mol. The SMILES string of the molecule is COCCCNc1nc(N)cc(Br)n1. The minimum atomic E-state index is 0.445. The molecule has 1 rings (SSSR count). The Morgan fingerprint density at radius 1 is 1.57 bits per heavy atom. The van der Waals surface area contributed by atoms with Crippen LogP contribution in [0, 0.1) is 0 Å². The van der Waals surface area contributed by atoms with Gasteiger partial charge in [0.2, 0.25) is 5.95 Å². The van der Waals surface area contributed by atoms with Crippen LogP contribution in [0.25, 0.3) is 0 Å². The van der Waals surface area contributed by atoms with E-state index in [1.165, 1.54) is 0 Å². The van der Waals surface area contributed by atoms with Gasteiger partial charge in [0.25, 0.3) is 0 Å². The molecule has 0 aliphatic rings. The zero-order chi connectivity index (χ0) is 10.4. The zero-order valence-corrected chi connectivity index (χ0v) is 9.54. The Kier molecular flexibility index (Phi) is 4.61. The fourth-order valence-corrected chi connectivity index (χ4v) is 1.33. The number of nitrogens with one attached hydrogen (secondary N) is 1. The third kappa shape index (κ3) is 3.89. The highest BCUT2D eigenvalue weighted by molar-refractivity contribution is 9.10. The first-order valence-corrected chi connectivity index (χ1v) is 5.04. The Labute approximate surface area is 91.2 Å². The average Bonchev–Trinajstić information content (AvgIpc) is 2.11. The number of hydrogen-bond acceptors (Lipinski definition) is 5. The minimum absolute atomic E-state index is 0.445. The third-order valence-electron chi connectivity index (χ3n) is 1.52. The summed E-state index contributed by atoms with van der Waals surface area (Å²) in [7, 11) is 1.67. The van der Waals surface area contributed by atoms with Crippen molar-refractivity contribution in [1.29, 1.82) is 0 Å². The van der Waals surface area contributed by atoms with Crippen molar-refractivity contribution in [3.63, 3.8) is 0 Å². The molecule has 6 heteroatoms. The van der Waals surface area contributed by atoms with E-state index in [2.05, 4.69) is 31.2 Å². The summed E-state index contributed by atoms with van der Waals surface area (Å²) in [5.74, 6) is 0.981. The number of halogens is 1. The standard InChI is InChI=1S/C8H13BrN4O/c1-14-4-2-3-11-8-12-6(9)5-7(10)13-8/h5H,2-4H2,1H3,(H3,10,11,12,13). The predicted molar refractivity (Wildman–Crippen MR) is 59.1 cm³/mol. The molecule has 1 aromatic heterocycles. The molecule has 0 atom stereocenters. The van der Waals surface area contributed by atoms with Gasteiger partial charge < -0.3 is 15.8 Å². The molecule has 78 valence electrons. The molecule has 0 saturated carbocycles. The van der Waals surface area contributed by atoms with Crippen LogP contribution >= 0.6 is 15.9 Å². The summed E-state index contributed by atoms with van der Waals surface area (Å²) in [6.07, 6.45) is 0.909. The highest BCUT2D eigenvalue weighted by atomic mass is 79.9. The fourth-order valence-electron chi connectivity index (χ4n) is 0.931. The number of methoxy groups -OCH3 is 1. The molecule has 0 saturated heterocycles. The van der Waals surface area contributed by atoms with Gasteiger partial charge in [-0.3, -0.25) is 0 Å². The van der Waals surface area contributed by atoms with Crippen molar-refractivity contribution in [2.45, 2.75) is 6.42 Å². The normalized spacial score (nSPS) is 10.1. The molecule has 3 N–H and O–H groups in total. The molecule has 0 aliphatic carbocycles. The number of aromatic nitrogens is 2. The van der Waals surface area contributed by atoms with E-state index in [4.69, 9.17) is 10.5 Å². The minimum Gasteiger partial charge on any atom is -0.385 e. The molecule has 0 radical (unpaired) electrons. The Hall–Kier alpha value is -0.880. The van der Waals surface area contributed by atoms with Crippen LogP contribution in [0.5, 0.6) is 0 Å². The van der Waals surface area contributed by atoms with Gasteiger partial charge >= 0.3 is 0 Å². The maximum atomic E-state index is 5.54. The Morgan fingerprint density at radius 2 is 2.36 bits per heavy atom. The van der Waals surface area contributed by atoms with Crippen molar-refractivity contribution < 1.29 is 4.74 Å². The number of ether oxygens (including phenoxy) is 1. The van der Waals surface area contributed by atoms with E-state index < -0.39 is 0 Å². The van der Waals surface area contributed by atoms with E-state index in [-0.39, 0.29) is 0 Å². The van der Waals surface area contributed by atoms with Crippen molar-refractivity contribution in [1.82, 2.24) is 9.97 Å². The predicted octanol–water partition coefficient (Wildman–Crippen LogP) is 1.27. The molecule has 0 amide bonds. The Bertz CT molecular complexity index is 274. The number of nitrogen functional groups attached to an aromatic ring is 1. The highest BCUT2D eigenvalue weighted by Gasteiger charge is 1.98. The van der Waals surface area contributed by atoms with Crippen molar-refractivity contribution in [2.75, 3.05) is 31.3 Å². The van der Waals surface area contributed by atoms with Crippen molar-refractivity contribution in [3.05, 3.63) is 10.7 Å². The van der Waals surface area contributed by atoms with Crippen molar-refractivity contribution in [2.24, 2.45) is 0 Å². The van der Waals surface area contributed by atoms with Crippen molar-refractivity contribution >= 4 is 27.7 Å².